The molecule has 0 aromatic heterocycles. The van der Waals surface area contributed by atoms with Crippen LogP contribution in [0.4, 0.5) is 5.69 Å². The molecular weight excluding hydrogens is 460 g/mol. The van der Waals surface area contributed by atoms with Crippen LogP contribution >= 0.6 is 0 Å². The normalized spacial score (nSPS) is 19.7. The van der Waals surface area contributed by atoms with Crippen LogP contribution < -0.4 is 23.7 Å². The van der Waals surface area contributed by atoms with Crippen LogP contribution in [0, 0.1) is 10.1 Å². The monoisotopic (exact) mass is 488 g/mol. The molecule has 0 radical (unpaired) electrons. The molecule has 0 saturated heterocycles. The Hall–Kier alpha value is -3.73. The zero-order valence-electron chi connectivity index (χ0n) is 20.5. The summed E-state index contributed by atoms with van der Waals surface area (Å²) in [5.74, 6) is 0.715. The van der Waals surface area contributed by atoms with Crippen molar-refractivity contribution in [2.45, 2.75) is 32.4 Å². The van der Waals surface area contributed by atoms with Gasteiger partial charge >= 0.3 is 11.7 Å². The van der Waals surface area contributed by atoms with Crippen LogP contribution in [-0.2, 0) is 11.2 Å². The Balaban J connectivity index is 0.00000141. The number of nitro benzene ring substituents is 1. The SMILES string of the molecule is CC.COc1ccc2c(c1OC)C(=O)O[C@@H]2[C@H]1c2c(c([N+](=O)[O-])c3c(c2OC)OCO3)CCN1C. The molecule has 188 valence electrons. The summed E-state index contributed by atoms with van der Waals surface area (Å²) < 4.78 is 33.3. The molecule has 3 aliphatic rings. The number of nitrogens with zero attached hydrogens (tertiary/aromatic N) is 2. The molecular formula is C24H28N2O9. The first kappa shape index (κ1) is 24.4. The smallest absolute Gasteiger partial charge is 0.343 e. The first-order chi connectivity index (χ1) is 16.9. The number of rotatable bonds is 5. The van der Waals surface area contributed by atoms with Gasteiger partial charge in [0.15, 0.2) is 17.2 Å². The Bertz CT molecular complexity index is 1180. The van der Waals surface area contributed by atoms with Gasteiger partial charge in [-0.05, 0) is 19.5 Å². The zero-order valence-corrected chi connectivity index (χ0v) is 20.5. The van der Waals surface area contributed by atoms with E-state index in [0.717, 1.165) is 0 Å². The van der Waals surface area contributed by atoms with Gasteiger partial charge < -0.3 is 28.4 Å². The maximum absolute atomic E-state index is 12.9. The molecule has 0 saturated carbocycles. The number of hydrogen-bond donors (Lipinski definition) is 0. The highest BCUT2D eigenvalue weighted by Gasteiger charge is 2.49. The second-order valence-electron chi connectivity index (χ2n) is 7.86. The van der Waals surface area contributed by atoms with Crippen LogP contribution in [0.1, 0.15) is 53.0 Å². The highest BCUT2D eigenvalue weighted by atomic mass is 16.7. The molecule has 0 N–H and O–H groups in total. The fourth-order valence-electron chi connectivity index (χ4n) is 5.00. The van der Waals surface area contributed by atoms with Crippen molar-refractivity contribution < 1.29 is 38.1 Å². The third kappa shape index (κ3) is 3.57. The molecule has 0 spiro atoms. The van der Waals surface area contributed by atoms with Gasteiger partial charge in [0.25, 0.3) is 0 Å². The first-order valence-corrected chi connectivity index (χ1v) is 11.3. The maximum atomic E-state index is 12.9. The number of likely N-dealkylation sites (N-methyl/N-ethyl adjacent to an activating group) is 1. The van der Waals surface area contributed by atoms with Gasteiger partial charge in [-0.25, -0.2) is 4.79 Å². The first-order valence-electron chi connectivity index (χ1n) is 11.3. The quantitative estimate of drug-likeness (QED) is 0.349. The van der Waals surface area contributed by atoms with Crippen LogP contribution in [-0.4, -0.2) is 57.5 Å². The minimum atomic E-state index is -0.759. The fraction of sp³-hybridized carbons (Fsp3) is 0.458. The predicted octanol–water partition coefficient (Wildman–Crippen LogP) is 3.82. The lowest BCUT2D eigenvalue weighted by Gasteiger charge is -2.38. The van der Waals surface area contributed by atoms with E-state index in [1.165, 1.54) is 21.3 Å². The summed E-state index contributed by atoms with van der Waals surface area (Å²) >= 11 is 0. The van der Waals surface area contributed by atoms with Crippen LogP contribution in [0.25, 0.3) is 0 Å². The number of fused-ring (bicyclic) bond motifs is 3. The van der Waals surface area contributed by atoms with Crippen LogP contribution in [0.15, 0.2) is 12.1 Å². The van der Waals surface area contributed by atoms with Gasteiger partial charge in [0, 0.05) is 23.2 Å². The van der Waals surface area contributed by atoms with Crippen molar-refractivity contribution in [3.63, 3.8) is 0 Å². The van der Waals surface area contributed by atoms with E-state index in [2.05, 4.69) is 0 Å². The lowest BCUT2D eigenvalue weighted by atomic mass is 9.84. The molecule has 2 aromatic carbocycles. The standard InChI is InChI=1S/C22H22N2O9.C2H6/c1-23-8-7-10-13(19(30-4)21-20(31-9-32-21)15(10)24(26)27)16(23)17-11-5-6-12(28-2)18(29-3)14(11)22(25)33-17;1-2/h5-6,16-17H,7-9H2,1-4H3;1-2H3/t16-,17+;/m1./s1. The maximum Gasteiger partial charge on any atom is 0.343 e. The second-order valence-corrected chi connectivity index (χ2v) is 7.86. The van der Waals surface area contributed by atoms with E-state index in [4.69, 9.17) is 28.4 Å². The molecule has 0 fully saturated rings. The number of nitro groups is 1. The van der Waals surface area contributed by atoms with Gasteiger partial charge in [-0.15, -0.1) is 0 Å². The van der Waals surface area contributed by atoms with Crippen molar-refractivity contribution in [2.24, 2.45) is 0 Å². The van der Waals surface area contributed by atoms with Crippen molar-refractivity contribution in [3.8, 4) is 28.7 Å². The van der Waals surface area contributed by atoms with Crippen molar-refractivity contribution in [2.75, 3.05) is 41.7 Å². The van der Waals surface area contributed by atoms with E-state index in [-0.39, 0.29) is 35.3 Å². The zero-order chi connectivity index (χ0) is 25.4. The van der Waals surface area contributed by atoms with E-state index >= 15 is 0 Å². The molecule has 0 unspecified atom stereocenters. The number of esters is 1. The minimum absolute atomic E-state index is 0.0640. The lowest BCUT2D eigenvalue weighted by molar-refractivity contribution is -0.386. The molecule has 5 rings (SSSR count). The third-order valence-electron chi connectivity index (χ3n) is 6.37. The summed E-state index contributed by atoms with van der Waals surface area (Å²) in [6.45, 7) is 4.35. The van der Waals surface area contributed by atoms with E-state index in [1.54, 1.807) is 12.1 Å². The highest BCUT2D eigenvalue weighted by molar-refractivity contribution is 5.98. The average Bonchev–Trinajstić information content (AvgIpc) is 3.47. The minimum Gasteiger partial charge on any atom is -0.493 e. The number of benzene rings is 2. The molecule has 3 heterocycles. The Morgan fingerprint density at radius 3 is 2.37 bits per heavy atom. The van der Waals surface area contributed by atoms with Crippen LogP contribution in [0.3, 0.4) is 0 Å². The molecule has 0 aliphatic carbocycles. The third-order valence-corrected chi connectivity index (χ3v) is 6.37. The van der Waals surface area contributed by atoms with Crippen molar-refractivity contribution in [1.82, 2.24) is 4.90 Å². The predicted molar refractivity (Wildman–Crippen MR) is 124 cm³/mol. The number of carbonyl (C=O) groups excluding carboxylic acids is 1. The Kier molecular flexibility index (Phi) is 6.62. The summed E-state index contributed by atoms with van der Waals surface area (Å²) in [6.07, 6.45) is -0.365. The van der Waals surface area contributed by atoms with Gasteiger partial charge in [0.2, 0.25) is 18.3 Å². The number of ether oxygens (including phenoxy) is 6. The highest BCUT2D eigenvalue weighted by Crippen LogP contribution is 2.58. The Labute approximate surface area is 202 Å². The summed E-state index contributed by atoms with van der Waals surface area (Å²) in [7, 11) is 6.28. The van der Waals surface area contributed by atoms with Gasteiger partial charge in [-0.1, -0.05) is 19.9 Å². The molecule has 11 heteroatoms. The number of cyclic esters (lactones) is 1. The van der Waals surface area contributed by atoms with Crippen LogP contribution in [0.2, 0.25) is 0 Å². The van der Waals surface area contributed by atoms with Gasteiger partial charge in [-0.2, -0.15) is 0 Å². The van der Waals surface area contributed by atoms with Crippen molar-refractivity contribution >= 4 is 11.7 Å². The average molecular weight is 488 g/mol. The van der Waals surface area contributed by atoms with Crippen molar-refractivity contribution in [1.29, 1.82) is 0 Å². The number of carbonyl (C=O) groups is 1. The summed E-state index contributed by atoms with van der Waals surface area (Å²) in [6, 6.07) is 2.89. The van der Waals surface area contributed by atoms with Crippen molar-refractivity contribution in [3.05, 3.63) is 44.5 Å². The molecule has 2 aromatic rings. The van der Waals surface area contributed by atoms with Crippen LogP contribution in [0.5, 0.6) is 28.7 Å². The number of methoxy groups -OCH3 is 3. The Morgan fingerprint density at radius 2 is 1.74 bits per heavy atom. The van der Waals surface area contributed by atoms with E-state index < -0.39 is 23.0 Å². The van der Waals surface area contributed by atoms with E-state index in [1.807, 2.05) is 25.8 Å². The second kappa shape index (κ2) is 9.49. The number of hydrogen-bond acceptors (Lipinski definition) is 10. The molecule has 3 aliphatic heterocycles. The van der Waals surface area contributed by atoms with Gasteiger partial charge in [-0.3, -0.25) is 15.0 Å². The molecule has 0 bridgehead atoms. The summed E-state index contributed by atoms with van der Waals surface area (Å²) in [5, 5.41) is 12.0. The van der Waals surface area contributed by atoms with Gasteiger partial charge in [0.05, 0.1) is 32.3 Å². The molecule has 35 heavy (non-hydrogen) atoms. The molecule has 0 amide bonds. The lowest BCUT2D eigenvalue weighted by Crippen LogP contribution is -2.36. The fourth-order valence-corrected chi connectivity index (χ4v) is 5.00. The van der Waals surface area contributed by atoms with E-state index in [0.29, 0.717) is 41.2 Å². The molecule has 11 nitrogen and oxygen atoms in total. The van der Waals surface area contributed by atoms with Gasteiger partial charge in [0.1, 0.15) is 11.7 Å². The molecule has 2 atom stereocenters. The largest absolute Gasteiger partial charge is 0.493 e. The topological polar surface area (TPSA) is 119 Å². The van der Waals surface area contributed by atoms with E-state index in [9.17, 15) is 14.9 Å². The summed E-state index contributed by atoms with van der Waals surface area (Å²) in [4.78, 5) is 26.5. The Morgan fingerprint density at radius 1 is 1.06 bits per heavy atom. The summed E-state index contributed by atoms with van der Waals surface area (Å²) in [5.41, 5.74) is 1.76.